The van der Waals surface area contributed by atoms with E-state index in [1.807, 2.05) is 13.8 Å². The summed E-state index contributed by atoms with van der Waals surface area (Å²) in [6.07, 6.45) is -0.768. The summed E-state index contributed by atoms with van der Waals surface area (Å²) in [6.45, 7) is 5.28. The summed E-state index contributed by atoms with van der Waals surface area (Å²) in [6, 6.07) is 0. The number of ether oxygens (including phenoxy) is 3. The van der Waals surface area contributed by atoms with Crippen molar-refractivity contribution >= 4 is 11.8 Å². The van der Waals surface area contributed by atoms with E-state index >= 15 is 0 Å². The molecule has 0 radical (unpaired) electrons. The lowest BCUT2D eigenvalue weighted by Crippen LogP contribution is -2.66. The second-order valence-corrected chi connectivity index (χ2v) is 5.92. The number of hydrogen-bond donors (Lipinski definition) is 0. The molecule has 0 aliphatic carbocycles. The van der Waals surface area contributed by atoms with Crippen molar-refractivity contribution in [2.24, 2.45) is 11.8 Å². The number of carbonyl (C=O) groups is 2. The van der Waals surface area contributed by atoms with Crippen LogP contribution in [0.15, 0.2) is 0 Å². The molecule has 0 aromatic heterocycles. The van der Waals surface area contributed by atoms with Crippen molar-refractivity contribution in [2.75, 3.05) is 6.61 Å². The summed E-state index contributed by atoms with van der Waals surface area (Å²) < 4.78 is 16.8. The molecule has 3 aliphatic heterocycles. The first kappa shape index (κ1) is 14.9. The molecule has 3 rings (SSSR count). The Morgan fingerprint density at radius 2 is 2.10 bits per heavy atom. The Morgan fingerprint density at radius 3 is 2.81 bits per heavy atom. The predicted octanol–water partition coefficient (Wildman–Crippen LogP) is 0.953. The monoisotopic (exact) mass is 300 g/mol. The van der Waals surface area contributed by atoms with E-state index in [9.17, 15) is 9.59 Å². The van der Waals surface area contributed by atoms with E-state index < -0.39 is 24.3 Å². The van der Waals surface area contributed by atoms with Crippen LogP contribution in [0, 0.1) is 11.8 Å². The Kier molecular flexibility index (Phi) is 3.77. The van der Waals surface area contributed by atoms with E-state index in [0.717, 1.165) is 0 Å². The van der Waals surface area contributed by atoms with Crippen molar-refractivity contribution < 1.29 is 33.6 Å². The molecule has 21 heavy (non-hydrogen) atoms. The molecule has 3 saturated heterocycles. The van der Waals surface area contributed by atoms with Crippen molar-refractivity contribution in [2.45, 2.75) is 57.9 Å². The zero-order chi connectivity index (χ0) is 15.2. The van der Waals surface area contributed by atoms with Gasteiger partial charge < -0.3 is 14.2 Å². The van der Waals surface area contributed by atoms with Gasteiger partial charge in [-0.15, -0.1) is 0 Å². The molecule has 0 N–H and O–H groups in total. The highest BCUT2D eigenvalue weighted by Gasteiger charge is 2.65. The zero-order valence-corrected chi connectivity index (χ0v) is 12.4. The molecule has 0 saturated carbocycles. The Morgan fingerprint density at radius 1 is 1.33 bits per heavy atom. The number of hydrogen-bond acceptors (Lipinski definition) is 7. The van der Waals surface area contributed by atoms with Gasteiger partial charge in [-0.25, -0.2) is 0 Å². The summed E-state index contributed by atoms with van der Waals surface area (Å²) >= 11 is 0. The van der Waals surface area contributed by atoms with Crippen LogP contribution >= 0.6 is 0 Å². The van der Waals surface area contributed by atoms with Crippen LogP contribution in [0.5, 0.6) is 0 Å². The smallest absolute Gasteiger partial charge is 0.302 e. The molecule has 7 heteroatoms. The fourth-order valence-corrected chi connectivity index (χ4v) is 3.36. The molecule has 118 valence electrons. The topological polar surface area (TPSA) is 80.3 Å². The van der Waals surface area contributed by atoms with Gasteiger partial charge in [-0.1, -0.05) is 13.8 Å². The highest BCUT2D eigenvalue weighted by Crippen LogP contribution is 2.49. The van der Waals surface area contributed by atoms with Gasteiger partial charge in [0, 0.05) is 18.8 Å². The Hall–Kier alpha value is -1.02. The van der Waals surface area contributed by atoms with Crippen LogP contribution in [-0.2, 0) is 33.6 Å². The van der Waals surface area contributed by atoms with Gasteiger partial charge in [-0.3, -0.25) is 9.59 Å². The van der Waals surface area contributed by atoms with Crippen molar-refractivity contribution in [3.63, 3.8) is 0 Å². The Bertz CT molecular complexity index is 451. The third kappa shape index (κ3) is 2.28. The molecule has 7 nitrogen and oxygen atoms in total. The molecule has 6 atom stereocenters. The first-order chi connectivity index (χ1) is 9.95. The molecule has 4 bridgehead atoms. The van der Waals surface area contributed by atoms with E-state index in [-0.39, 0.29) is 30.2 Å². The largest absolute Gasteiger partial charge is 0.466 e. The lowest BCUT2D eigenvalue weighted by atomic mass is 9.72. The standard InChI is InChI=1S/C14H20O7/c1-7-10(16)8(2)14(5-4-6-17-9(3)15)13-18-12(20-21-13)11(7)19-14/h7-8,11-13H,4-6H2,1-3H3/t7-,8+,11+,12-,13+,14-/m1/s1. The Labute approximate surface area is 122 Å². The Balaban J connectivity index is 1.77. The van der Waals surface area contributed by atoms with E-state index in [1.54, 1.807) is 0 Å². The number of fused-ring (bicyclic) bond motifs is 6. The molecule has 0 spiro atoms. The number of Topliss-reactive ketones (excluding diaryl/α,β-unsaturated/α-hetero) is 1. The van der Waals surface area contributed by atoms with Crippen LogP contribution in [0.4, 0.5) is 0 Å². The van der Waals surface area contributed by atoms with E-state index in [4.69, 9.17) is 24.0 Å². The maximum absolute atomic E-state index is 12.5. The van der Waals surface area contributed by atoms with Crippen LogP contribution in [0.25, 0.3) is 0 Å². The summed E-state index contributed by atoms with van der Waals surface area (Å²) in [7, 11) is 0. The first-order valence-electron chi connectivity index (χ1n) is 7.28. The van der Waals surface area contributed by atoms with Crippen LogP contribution in [0.1, 0.15) is 33.6 Å². The summed E-state index contributed by atoms with van der Waals surface area (Å²) in [5.74, 6) is -0.859. The minimum Gasteiger partial charge on any atom is -0.466 e. The number of carbonyl (C=O) groups excluding carboxylic acids is 2. The van der Waals surface area contributed by atoms with Gasteiger partial charge in [0.25, 0.3) is 0 Å². The summed E-state index contributed by atoms with van der Waals surface area (Å²) in [5.41, 5.74) is -0.874. The van der Waals surface area contributed by atoms with Gasteiger partial charge in [0.05, 0.1) is 6.61 Å². The number of esters is 1. The minimum absolute atomic E-state index is 0.131. The second kappa shape index (κ2) is 5.31. The highest BCUT2D eigenvalue weighted by atomic mass is 17.3. The van der Waals surface area contributed by atoms with Crippen LogP contribution < -0.4 is 0 Å². The van der Waals surface area contributed by atoms with Crippen molar-refractivity contribution in [3.8, 4) is 0 Å². The zero-order valence-electron chi connectivity index (χ0n) is 12.4. The van der Waals surface area contributed by atoms with Crippen molar-refractivity contribution in [1.29, 1.82) is 0 Å². The van der Waals surface area contributed by atoms with Gasteiger partial charge in [0.2, 0.25) is 12.6 Å². The van der Waals surface area contributed by atoms with Crippen LogP contribution in [-0.4, -0.2) is 42.6 Å². The number of rotatable bonds is 4. The lowest BCUT2D eigenvalue weighted by Gasteiger charge is -2.51. The van der Waals surface area contributed by atoms with Gasteiger partial charge >= 0.3 is 5.97 Å². The highest BCUT2D eigenvalue weighted by molar-refractivity contribution is 5.85. The molecule has 0 aromatic rings. The first-order valence-corrected chi connectivity index (χ1v) is 7.28. The molecule has 0 aromatic carbocycles. The molecule has 3 heterocycles. The fraction of sp³-hybridized carbons (Fsp3) is 0.857. The average Bonchev–Trinajstić information content (AvgIpc) is 2.89. The number of ketones is 1. The third-order valence-electron chi connectivity index (χ3n) is 4.64. The van der Waals surface area contributed by atoms with E-state index in [2.05, 4.69) is 0 Å². The normalized spacial score (nSPS) is 44.7. The van der Waals surface area contributed by atoms with Crippen molar-refractivity contribution in [1.82, 2.24) is 0 Å². The van der Waals surface area contributed by atoms with E-state index in [1.165, 1.54) is 6.92 Å². The van der Waals surface area contributed by atoms with Crippen LogP contribution in [0.2, 0.25) is 0 Å². The van der Waals surface area contributed by atoms with E-state index in [0.29, 0.717) is 12.8 Å². The molecular weight excluding hydrogens is 280 g/mol. The molecular formula is C14H20O7. The molecule has 0 amide bonds. The maximum Gasteiger partial charge on any atom is 0.302 e. The predicted molar refractivity (Wildman–Crippen MR) is 67.6 cm³/mol. The van der Waals surface area contributed by atoms with Gasteiger partial charge in [-0.05, 0) is 12.8 Å². The summed E-state index contributed by atoms with van der Waals surface area (Å²) in [5, 5.41) is 0. The second-order valence-electron chi connectivity index (χ2n) is 5.92. The van der Waals surface area contributed by atoms with Crippen LogP contribution in [0.3, 0.4) is 0 Å². The quantitative estimate of drug-likeness (QED) is 0.434. The molecule has 0 unspecified atom stereocenters. The molecule has 3 fully saturated rings. The molecule has 3 aliphatic rings. The van der Waals surface area contributed by atoms with Crippen molar-refractivity contribution in [3.05, 3.63) is 0 Å². The summed E-state index contributed by atoms with van der Waals surface area (Å²) in [4.78, 5) is 33.7. The van der Waals surface area contributed by atoms with Gasteiger partial charge in [-0.2, -0.15) is 9.78 Å². The van der Waals surface area contributed by atoms with Gasteiger partial charge in [0.15, 0.2) is 0 Å². The third-order valence-corrected chi connectivity index (χ3v) is 4.64. The SMILES string of the molecule is CC(=O)OCCC[C@]12O[C@H]([C@H]3OO[C@@H]1O3)[C@H](C)C(=O)[C@@H]2C. The average molecular weight is 300 g/mol. The fourth-order valence-electron chi connectivity index (χ4n) is 3.36. The lowest BCUT2D eigenvalue weighted by molar-refractivity contribution is -0.319. The minimum atomic E-state index is -0.874. The maximum atomic E-state index is 12.5. The van der Waals surface area contributed by atoms with Gasteiger partial charge in [0.1, 0.15) is 17.5 Å².